The predicted octanol–water partition coefficient (Wildman–Crippen LogP) is 0.572. The van der Waals surface area contributed by atoms with Crippen molar-refractivity contribution < 1.29 is 4.79 Å². The smallest absolute Gasteiger partial charge is 0.228 e. The van der Waals surface area contributed by atoms with Crippen molar-refractivity contribution in [2.75, 3.05) is 25.6 Å². The van der Waals surface area contributed by atoms with Gasteiger partial charge < -0.3 is 11.1 Å². The maximum atomic E-state index is 11.2. The number of carbonyl (C=O) groups is 1. The SMILES string of the molecule is CN(CN)CCc1ccc2c(c1)CC(=O)N2. The summed E-state index contributed by atoms with van der Waals surface area (Å²) in [6.07, 6.45) is 1.48. The minimum absolute atomic E-state index is 0.0891. The Labute approximate surface area is 95.4 Å². The number of benzene rings is 1. The number of amides is 1. The second-order valence-electron chi connectivity index (χ2n) is 4.23. The third kappa shape index (κ3) is 2.40. The molecule has 86 valence electrons. The Kier molecular flexibility index (Phi) is 3.22. The van der Waals surface area contributed by atoms with E-state index in [-0.39, 0.29) is 5.91 Å². The van der Waals surface area contributed by atoms with E-state index in [0.29, 0.717) is 13.1 Å². The van der Waals surface area contributed by atoms with Crippen LogP contribution in [0.2, 0.25) is 0 Å². The van der Waals surface area contributed by atoms with Crippen LogP contribution < -0.4 is 11.1 Å². The molecule has 0 spiro atoms. The molecule has 4 nitrogen and oxygen atoms in total. The van der Waals surface area contributed by atoms with Crippen molar-refractivity contribution in [2.24, 2.45) is 5.73 Å². The van der Waals surface area contributed by atoms with Gasteiger partial charge in [0.25, 0.3) is 0 Å². The molecule has 0 atom stereocenters. The molecule has 1 aliphatic heterocycles. The van der Waals surface area contributed by atoms with Crippen LogP contribution in [0.15, 0.2) is 18.2 Å². The normalized spacial score (nSPS) is 14.1. The molecular formula is C12H17N3O. The predicted molar refractivity (Wildman–Crippen MR) is 64.2 cm³/mol. The summed E-state index contributed by atoms with van der Waals surface area (Å²) in [5.41, 5.74) is 8.84. The van der Waals surface area contributed by atoms with Crippen molar-refractivity contribution in [3.8, 4) is 0 Å². The van der Waals surface area contributed by atoms with E-state index < -0.39 is 0 Å². The number of nitrogens with two attached hydrogens (primary N) is 1. The van der Waals surface area contributed by atoms with E-state index in [9.17, 15) is 4.79 Å². The third-order valence-corrected chi connectivity index (χ3v) is 2.89. The fraction of sp³-hybridized carbons (Fsp3) is 0.417. The molecule has 0 unspecified atom stereocenters. The molecule has 0 fully saturated rings. The maximum Gasteiger partial charge on any atom is 0.228 e. The average molecular weight is 219 g/mol. The molecular weight excluding hydrogens is 202 g/mol. The van der Waals surface area contributed by atoms with Crippen LogP contribution in [-0.2, 0) is 17.6 Å². The minimum Gasteiger partial charge on any atom is -0.326 e. The van der Waals surface area contributed by atoms with E-state index in [1.807, 2.05) is 13.1 Å². The van der Waals surface area contributed by atoms with Crippen LogP contribution in [0, 0.1) is 0 Å². The van der Waals surface area contributed by atoms with Crippen LogP contribution in [0.1, 0.15) is 11.1 Å². The molecule has 1 amide bonds. The molecule has 0 bridgehead atoms. The number of likely N-dealkylation sites (N-methyl/N-ethyl adjacent to an activating group) is 1. The van der Waals surface area contributed by atoms with Crippen LogP contribution >= 0.6 is 0 Å². The largest absolute Gasteiger partial charge is 0.326 e. The molecule has 1 aromatic rings. The zero-order valence-electron chi connectivity index (χ0n) is 9.49. The number of hydrogen-bond acceptors (Lipinski definition) is 3. The quantitative estimate of drug-likeness (QED) is 0.728. The Hall–Kier alpha value is -1.39. The maximum absolute atomic E-state index is 11.2. The van der Waals surface area contributed by atoms with Gasteiger partial charge in [-0.3, -0.25) is 9.69 Å². The molecule has 0 aliphatic carbocycles. The number of rotatable bonds is 4. The highest BCUT2D eigenvalue weighted by Gasteiger charge is 2.17. The van der Waals surface area contributed by atoms with Gasteiger partial charge in [0.05, 0.1) is 6.42 Å². The highest BCUT2D eigenvalue weighted by Crippen LogP contribution is 2.23. The Balaban J connectivity index is 2.02. The molecule has 0 saturated heterocycles. The minimum atomic E-state index is 0.0891. The number of anilines is 1. The number of carbonyl (C=O) groups excluding carboxylic acids is 1. The van der Waals surface area contributed by atoms with E-state index in [0.717, 1.165) is 24.2 Å². The molecule has 0 radical (unpaired) electrons. The lowest BCUT2D eigenvalue weighted by atomic mass is 10.1. The number of nitrogens with zero attached hydrogens (tertiary/aromatic N) is 1. The lowest BCUT2D eigenvalue weighted by molar-refractivity contribution is -0.115. The zero-order chi connectivity index (χ0) is 11.5. The topological polar surface area (TPSA) is 58.4 Å². The van der Waals surface area contributed by atoms with Crippen molar-refractivity contribution in [3.63, 3.8) is 0 Å². The van der Waals surface area contributed by atoms with E-state index in [1.165, 1.54) is 5.56 Å². The molecule has 2 rings (SSSR count). The van der Waals surface area contributed by atoms with E-state index >= 15 is 0 Å². The van der Waals surface area contributed by atoms with Crippen molar-refractivity contribution in [2.45, 2.75) is 12.8 Å². The highest BCUT2D eigenvalue weighted by atomic mass is 16.1. The van der Waals surface area contributed by atoms with Crippen molar-refractivity contribution in [1.82, 2.24) is 4.90 Å². The molecule has 16 heavy (non-hydrogen) atoms. The summed E-state index contributed by atoms with van der Waals surface area (Å²) in [4.78, 5) is 13.3. The molecule has 0 saturated carbocycles. The second kappa shape index (κ2) is 4.63. The van der Waals surface area contributed by atoms with Crippen molar-refractivity contribution in [3.05, 3.63) is 29.3 Å². The van der Waals surface area contributed by atoms with Crippen LogP contribution in [0.4, 0.5) is 5.69 Å². The Morgan fingerprint density at radius 3 is 3.06 bits per heavy atom. The number of hydrogen-bond donors (Lipinski definition) is 2. The molecule has 1 heterocycles. The standard InChI is InChI=1S/C12H17N3O/c1-15(8-13)5-4-9-2-3-11-10(6-9)7-12(16)14-11/h2-3,6H,4-5,7-8,13H2,1H3,(H,14,16). The Bertz CT molecular complexity index is 403. The van der Waals surface area contributed by atoms with Crippen molar-refractivity contribution in [1.29, 1.82) is 0 Å². The number of fused-ring (bicyclic) bond motifs is 1. The van der Waals surface area contributed by atoms with Gasteiger partial charge in [0, 0.05) is 18.9 Å². The van der Waals surface area contributed by atoms with Gasteiger partial charge in [-0.1, -0.05) is 12.1 Å². The summed E-state index contributed by atoms with van der Waals surface area (Å²) < 4.78 is 0. The van der Waals surface area contributed by atoms with Crippen LogP contribution in [0.5, 0.6) is 0 Å². The van der Waals surface area contributed by atoms with Crippen LogP contribution in [-0.4, -0.2) is 31.1 Å². The molecule has 3 N–H and O–H groups in total. The molecule has 1 aromatic carbocycles. The van der Waals surface area contributed by atoms with Gasteiger partial charge in [-0.25, -0.2) is 0 Å². The lowest BCUT2D eigenvalue weighted by Gasteiger charge is -2.13. The molecule has 1 aliphatic rings. The first-order valence-corrected chi connectivity index (χ1v) is 5.49. The van der Waals surface area contributed by atoms with E-state index in [1.54, 1.807) is 0 Å². The fourth-order valence-electron chi connectivity index (χ4n) is 1.85. The zero-order valence-corrected chi connectivity index (χ0v) is 9.49. The Morgan fingerprint density at radius 1 is 1.50 bits per heavy atom. The fourth-order valence-corrected chi connectivity index (χ4v) is 1.85. The van der Waals surface area contributed by atoms with Gasteiger partial charge in [-0.05, 0) is 30.7 Å². The van der Waals surface area contributed by atoms with Crippen molar-refractivity contribution >= 4 is 11.6 Å². The lowest BCUT2D eigenvalue weighted by Crippen LogP contribution is -2.27. The van der Waals surface area contributed by atoms with Gasteiger partial charge in [0.15, 0.2) is 0 Å². The van der Waals surface area contributed by atoms with Gasteiger partial charge in [0.2, 0.25) is 5.91 Å². The van der Waals surface area contributed by atoms with Gasteiger partial charge in [-0.2, -0.15) is 0 Å². The van der Waals surface area contributed by atoms with Crippen LogP contribution in [0.25, 0.3) is 0 Å². The summed E-state index contributed by atoms with van der Waals surface area (Å²) >= 11 is 0. The van der Waals surface area contributed by atoms with Crippen LogP contribution in [0.3, 0.4) is 0 Å². The first kappa shape index (κ1) is 11.1. The monoisotopic (exact) mass is 219 g/mol. The Morgan fingerprint density at radius 2 is 2.31 bits per heavy atom. The summed E-state index contributed by atoms with van der Waals surface area (Å²) in [7, 11) is 2.00. The summed E-state index contributed by atoms with van der Waals surface area (Å²) in [5, 5.41) is 2.83. The first-order valence-electron chi connectivity index (χ1n) is 5.49. The van der Waals surface area contributed by atoms with Gasteiger partial charge in [-0.15, -0.1) is 0 Å². The summed E-state index contributed by atoms with van der Waals surface area (Å²) in [6.45, 7) is 1.52. The summed E-state index contributed by atoms with van der Waals surface area (Å²) in [5.74, 6) is 0.0891. The summed E-state index contributed by atoms with van der Waals surface area (Å²) in [6, 6.07) is 6.16. The average Bonchev–Trinajstić information content (AvgIpc) is 2.65. The van der Waals surface area contributed by atoms with Gasteiger partial charge >= 0.3 is 0 Å². The number of nitrogens with one attached hydrogen (secondary N) is 1. The second-order valence-corrected chi connectivity index (χ2v) is 4.23. The first-order chi connectivity index (χ1) is 7.69. The third-order valence-electron chi connectivity index (χ3n) is 2.89. The van der Waals surface area contributed by atoms with E-state index in [4.69, 9.17) is 5.73 Å². The highest BCUT2D eigenvalue weighted by molar-refractivity contribution is 5.99. The van der Waals surface area contributed by atoms with Gasteiger partial charge in [0.1, 0.15) is 0 Å². The molecule has 4 heteroatoms. The van der Waals surface area contributed by atoms with E-state index in [2.05, 4.69) is 22.3 Å². The molecule has 0 aromatic heterocycles.